The van der Waals surface area contributed by atoms with Crippen molar-refractivity contribution in [3.63, 3.8) is 0 Å². The molecule has 0 aliphatic heterocycles. The minimum Gasteiger partial charge on any atom is -0.479 e. The molecule has 6 nitrogen and oxygen atoms in total. The Bertz CT molecular complexity index is 383. The van der Waals surface area contributed by atoms with Crippen LogP contribution in [0.2, 0.25) is 5.02 Å². The zero-order valence-electron chi connectivity index (χ0n) is 7.44. The Morgan fingerprint density at radius 3 is 2.93 bits per heavy atom. The molecule has 1 aromatic rings. The van der Waals surface area contributed by atoms with Gasteiger partial charge in [0.25, 0.3) is 5.91 Å². The van der Waals surface area contributed by atoms with Gasteiger partial charge in [-0.2, -0.15) is 0 Å². The van der Waals surface area contributed by atoms with Crippen LogP contribution in [-0.2, 0) is 9.63 Å². The number of aromatic nitrogens is 1. The second-order valence-electron chi connectivity index (χ2n) is 2.47. The number of halogens is 1. The molecular weight excluding hydrogens is 224 g/mol. The number of nitrogens with zero attached hydrogens (tertiary/aromatic N) is 1. The summed E-state index contributed by atoms with van der Waals surface area (Å²) in [6.07, 6.45) is 1.36. The van der Waals surface area contributed by atoms with Crippen molar-refractivity contribution < 1.29 is 19.5 Å². The number of carboxylic acid groups (broad SMARTS) is 1. The number of carbonyl (C=O) groups excluding carboxylic acids is 1. The highest BCUT2D eigenvalue weighted by Crippen LogP contribution is 2.07. The minimum atomic E-state index is -1.19. The summed E-state index contributed by atoms with van der Waals surface area (Å²) in [6, 6.07) is 2.84. The van der Waals surface area contributed by atoms with E-state index in [-0.39, 0.29) is 5.69 Å². The molecule has 1 heterocycles. The monoisotopic (exact) mass is 230 g/mol. The van der Waals surface area contributed by atoms with Gasteiger partial charge in [-0.05, 0) is 12.1 Å². The van der Waals surface area contributed by atoms with Gasteiger partial charge in [-0.25, -0.2) is 10.3 Å². The highest BCUT2D eigenvalue weighted by Gasteiger charge is 2.08. The number of aliphatic carboxylic acids is 1. The van der Waals surface area contributed by atoms with Gasteiger partial charge in [0.2, 0.25) is 0 Å². The molecule has 0 spiro atoms. The van der Waals surface area contributed by atoms with E-state index >= 15 is 0 Å². The van der Waals surface area contributed by atoms with Gasteiger partial charge < -0.3 is 5.11 Å². The van der Waals surface area contributed by atoms with Gasteiger partial charge in [0, 0.05) is 11.2 Å². The number of nitrogens with one attached hydrogen (secondary N) is 1. The van der Waals surface area contributed by atoms with Crippen molar-refractivity contribution in [2.75, 3.05) is 6.61 Å². The molecule has 0 fully saturated rings. The molecule has 0 bridgehead atoms. The number of hydrogen-bond acceptors (Lipinski definition) is 4. The molecule has 1 aromatic heterocycles. The summed E-state index contributed by atoms with van der Waals surface area (Å²) in [7, 11) is 0. The summed E-state index contributed by atoms with van der Waals surface area (Å²) >= 11 is 5.62. The van der Waals surface area contributed by atoms with Gasteiger partial charge in [-0.3, -0.25) is 14.6 Å². The fourth-order valence-corrected chi connectivity index (χ4v) is 0.904. The van der Waals surface area contributed by atoms with Crippen molar-refractivity contribution in [2.24, 2.45) is 0 Å². The molecule has 0 unspecified atom stereocenters. The number of carboxylic acids is 1. The smallest absolute Gasteiger partial charge is 0.332 e. The molecule has 0 aromatic carbocycles. The lowest BCUT2D eigenvalue weighted by Crippen LogP contribution is -2.27. The van der Waals surface area contributed by atoms with E-state index in [0.29, 0.717) is 5.02 Å². The minimum absolute atomic E-state index is 0.0490. The summed E-state index contributed by atoms with van der Waals surface area (Å²) in [5.74, 6) is -1.84. The topological polar surface area (TPSA) is 88.5 Å². The summed E-state index contributed by atoms with van der Waals surface area (Å²) in [5, 5.41) is 8.58. The fraction of sp³-hybridized carbons (Fsp3) is 0.125. The van der Waals surface area contributed by atoms with Crippen LogP contribution in [0, 0.1) is 0 Å². The van der Waals surface area contributed by atoms with Crippen molar-refractivity contribution in [1.29, 1.82) is 0 Å². The van der Waals surface area contributed by atoms with Gasteiger partial charge in [-0.1, -0.05) is 11.6 Å². The largest absolute Gasteiger partial charge is 0.479 e. The first-order chi connectivity index (χ1) is 7.09. The van der Waals surface area contributed by atoms with E-state index < -0.39 is 18.5 Å². The number of rotatable bonds is 4. The summed E-state index contributed by atoms with van der Waals surface area (Å²) < 4.78 is 0. The molecule has 2 N–H and O–H groups in total. The van der Waals surface area contributed by atoms with E-state index in [1.165, 1.54) is 18.3 Å². The lowest BCUT2D eigenvalue weighted by molar-refractivity contribution is -0.144. The third-order valence-electron chi connectivity index (χ3n) is 1.32. The third kappa shape index (κ3) is 3.92. The number of pyridine rings is 1. The molecule has 0 aliphatic carbocycles. The van der Waals surface area contributed by atoms with Crippen molar-refractivity contribution in [3.8, 4) is 0 Å². The first kappa shape index (κ1) is 11.4. The van der Waals surface area contributed by atoms with Crippen molar-refractivity contribution in [2.45, 2.75) is 0 Å². The molecule has 0 radical (unpaired) electrons. The van der Waals surface area contributed by atoms with Crippen LogP contribution in [0.4, 0.5) is 0 Å². The zero-order chi connectivity index (χ0) is 11.3. The van der Waals surface area contributed by atoms with Gasteiger partial charge in [0.15, 0.2) is 6.61 Å². The number of carbonyl (C=O) groups is 2. The van der Waals surface area contributed by atoms with Crippen LogP contribution < -0.4 is 5.48 Å². The van der Waals surface area contributed by atoms with Crippen molar-refractivity contribution >= 4 is 23.5 Å². The lowest BCUT2D eigenvalue weighted by Gasteiger charge is -2.02. The number of hydroxylamine groups is 1. The molecular formula is C8H7ClN2O4. The van der Waals surface area contributed by atoms with Crippen LogP contribution in [0.3, 0.4) is 0 Å². The van der Waals surface area contributed by atoms with E-state index in [0.717, 1.165) is 0 Å². The first-order valence-corrected chi connectivity index (χ1v) is 4.23. The molecule has 0 saturated heterocycles. The molecule has 15 heavy (non-hydrogen) atoms. The lowest BCUT2D eigenvalue weighted by atomic mass is 10.3. The van der Waals surface area contributed by atoms with Crippen LogP contribution in [0.1, 0.15) is 10.5 Å². The second-order valence-corrected chi connectivity index (χ2v) is 2.91. The standard InChI is InChI=1S/C8H7ClN2O4/c9-5-1-2-10-6(3-5)8(14)11-15-4-7(12)13/h1-3H,4H2,(H,11,14)(H,12,13). The Morgan fingerprint density at radius 2 is 2.33 bits per heavy atom. The van der Waals surface area contributed by atoms with Gasteiger partial charge >= 0.3 is 5.97 Å². The maximum absolute atomic E-state index is 11.2. The van der Waals surface area contributed by atoms with Gasteiger partial charge in [0.1, 0.15) is 5.69 Å². The average Bonchev–Trinajstić information content (AvgIpc) is 2.17. The van der Waals surface area contributed by atoms with E-state index in [4.69, 9.17) is 16.7 Å². The second kappa shape index (κ2) is 5.28. The fourth-order valence-electron chi connectivity index (χ4n) is 0.745. The Kier molecular flexibility index (Phi) is 4.02. The van der Waals surface area contributed by atoms with Gasteiger partial charge in [-0.15, -0.1) is 0 Å². The van der Waals surface area contributed by atoms with E-state index in [1.807, 2.05) is 5.48 Å². The van der Waals surface area contributed by atoms with Crippen LogP contribution in [0.15, 0.2) is 18.3 Å². The summed E-state index contributed by atoms with van der Waals surface area (Å²) in [4.78, 5) is 29.4. The predicted molar refractivity (Wildman–Crippen MR) is 50.3 cm³/mol. The number of amides is 1. The Balaban J connectivity index is 2.50. The molecule has 0 saturated carbocycles. The van der Waals surface area contributed by atoms with E-state index in [1.54, 1.807) is 0 Å². The Hall–Kier alpha value is -1.66. The highest BCUT2D eigenvalue weighted by atomic mass is 35.5. The maximum Gasteiger partial charge on any atom is 0.332 e. The summed E-state index contributed by atoms with van der Waals surface area (Å²) in [5.41, 5.74) is 1.97. The highest BCUT2D eigenvalue weighted by molar-refractivity contribution is 6.30. The van der Waals surface area contributed by atoms with E-state index in [9.17, 15) is 9.59 Å². The van der Waals surface area contributed by atoms with Crippen LogP contribution in [-0.4, -0.2) is 28.6 Å². The quantitative estimate of drug-likeness (QED) is 0.735. The maximum atomic E-state index is 11.2. The predicted octanol–water partition coefficient (Wildman–Crippen LogP) is 0.481. The molecule has 0 aliphatic rings. The number of hydrogen-bond donors (Lipinski definition) is 2. The molecule has 1 rings (SSSR count). The normalized spacial score (nSPS) is 9.67. The van der Waals surface area contributed by atoms with Crippen LogP contribution in [0.25, 0.3) is 0 Å². The molecule has 1 amide bonds. The first-order valence-electron chi connectivity index (χ1n) is 3.85. The Morgan fingerprint density at radius 1 is 1.60 bits per heavy atom. The van der Waals surface area contributed by atoms with Crippen LogP contribution in [0.5, 0.6) is 0 Å². The Labute approximate surface area is 89.8 Å². The molecule has 0 atom stereocenters. The molecule has 7 heteroatoms. The average molecular weight is 231 g/mol. The van der Waals surface area contributed by atoms with Crippen LogP contribution >= 0.6 is 11.6 Å². The van der Waals surface area contributed by atoms with Crippen molar-refractivity contribution in [3.05, 3.63) is 29.0 Å². The zero-order valence-corrected chi connectivity index (χ0v) is 8.19. The SMILES string of the molecule is O=C(O)CONC(=O)c1cc(Cl)ccn1. The third-order valence-corrected chi connectivity index (χ3v) is 1.55. The van der Waals surface area contributed by atoms with Crippen molar-refractivity contribution in [1.82, 2.24) is 10.5 Å². The summed E-state index contributed by atoms with van der Waals surface area (Å²) in [6.45, 7) is -0.619. The van der Waals surface area contributed by atoms with Gasteiger partial charge in [0.05, 0.1) is 0 Å². The molecule has 80 valence electrons. The van der Waals surface area contributed by atoms with E-state index in [2.05, 4.69) is 9.82 Å².